The number of carbonyl (C=O) groups is 1. The second-order valence-electron chi connectivity index (χ2n) is 4.87. The molecule has 0 spiro atoms. The number of nitrogens with zero attached hydrogens (tertiary/aromatic N) is 3. The largest absolute Gasteiger partial charge is 0.354 e. The topological polar surface area (TPSA) is 58.1 Å². The number of unbranched alkanes of at least 4 members (excludes halogenated alkanes) is 1. The number of carbonyl (C=O) groups excluding carboxylic acids is 1. The molecule has 0 aliphatic rings. The van der Waals surface area contributed by atoms with Crippen LogP contribution in [0.5, 0.6) is 0 Å². The van der Waals surface area contributed by atoms with E-state index >= 15 is 0 Å². The predicted molar refractivity (Wildman–Crippen MR) is 81.9 cm³/mol. The molecule has 0 fully saturated rings. The molecule has 5 nitrogen and oxygen atoms in total. The molecule has 5 heteroatoms. The molecule has 1 aromatic rings. The molecule has 0 aromatic carbocycles. The fourth-order valence-corrected chi connectivity index (χ4v) is 1.94. The third-order valence-electron chi connectivity index (χ3n) is 2.99. The first kappa shape index (κ1) is 16.4. The van der Waals surface area contributed by atoms with Gasteiger partial charge in [0.15, 0.2) is 0 Å². The molecule has 1 heterocycles. The molecule has 0 aliphatic heterocycles. The Labute approximate surface area is 121 Å². The number of amides is 1. The van der Waals surface area contributed by atoms with Gasteiger partial charge in [0.05, 0.1) is 5.56 Å². The minimum Gasteiger partial charge on any atom is -0.354 e. The summed E-state index contributed by atoms with van der Waals surface area (Å²) in [6, 6.07) is 0. The standard InChI is InChI=1S/C15H26N4O/c1-4-7-8-16-15-17-11-13(12-18-15)14(20)19(9-5-2)10-6-3/h11-12H,4-10H2,1-3H3,(H,16,17,18). The van der Waals surface area contributed by atoms with Crippen molar-refractivity contribution in [2.24, 2.45) is 0 Å². The highest BCUT2D eigenvalue weighted by Gasteiger charge is 2.14. The van der Waals surface area contributed by atoms with Crippen LogP contribution in [0.4, 0.5) is 5.95 Å². The Morgan fingerprint density at radius 1 is 1.10 bits per heavy atom. The normalized spacial score (nSPS) is 10.3. The van der Waals surface area contributed by atoms with Crippen molar-refractivity contribution >= 4 is 11.9 Å². The summed E-state index contributed by atoms with van der Waals surface area (Å²) in [4.78, 5) is 22.6. The number of hydrogen-bond acceptors (Lipinski definition) is 4. The van der Waals surface area contributed by atoms with Gasteiger partial charge in [-0.15, -0.1) is 0 Å². The van der Waals surface area contributed by atoms with Gasteiger partial charge >= 0.3 is 0 Å². The maximum absolute atomic E-state index is 12.3. The molecule has 1 aromatic heterocycles. The van der Waals surface area contributed by atoms with Gasteiger partial charge in [-0.2, -0.15) is 0 Å². The monoisotopic (exact) mass is 278 g/mol. The zero-order valence-corrected chi connectivity index (χ0v) is 12.9. The first-order valence-corrected chi connectivity index (χ1v) is 7.58. The van der Waals surface area contributed by atoms with Crippen LogP contribution in [-0.2, 0) is 0 Å². The Morgan fingerprint density at radius 2 is 1.70 bits per heavy atom. The number of rotatable bonds is 9. The van der Waals surface area contributed by atoms with Crippen molar-refractivity contribution in [3.8, 4) is 0 Å². The lowest BCUT2D eigenvalue weighted by atomic mass is 10.2. The third kappa shape index (κ3) is 5.15. The highest BCUT2D eigenvalue weighted by molar-refractivity contribution is 5.93. The third-order valence-corrected chi connectivity index (χ3v) is 2.99. The minimum absolute atomic E-state index is 0.0220. The second-order valence-corrected chi connectivity index (χ2v) is 4.87. The van der Waals surface area contributed by atoms with E-state index in [-0.39, 0.29) is 5.91 Å². The Kier molecular flexibility index (Phi) is 7.62. The van der Waals surface area contributed by atoms with Crippen molar-refractivity contribution in [3.63, 3.8) is 0 Å². The summed E-state index contributed by atoms with van der Waals surface area (Å²) in [6.07, 6.45) is 7.37. The fraction of sp³-hybridized carbons (Fsp3) is 0.667. The molecule has 0 radical (unpaired) electrons. The van der Waals surface area contributed by atoms with E-state index in [4.69, 9.17) is 0 Å². The molecular formula is C15H26N4O. The van der Waals surface area contributed by atoms with Gasteiger partial charge in [0.1, 0.15) is 0 Å². The van der Waals surface area contributed by atoms with Crippen molar-refractivity contribution in [1.82, 2.24) is 14.9 Å². The number of nitrogens with one attached hydrogen (secondary N) is 1. The highest BCUT2D eigenvalue weighted by atomic mass is 16.2. The molecule has 112 valence electrons. The smallest absolute Gasteiger partial charge is 0.256 e. The lowest BCUT2D eigenvalue weighted by Gasteiger charge is -2.21. The van der Waals surface area contributed by atoms with Crippen LogP contribution < -0.4 is 5.32 Å². The minimum atomic E-state index is 0.0220. The molecule has 0 aliphatic carbocycles. The van der Waals surface area contributed by atoms with Gasteiger partial charge in [0.25, 0.3) is 5.91 Å². The molecule has 1 N–H and O–H groups in total. The van der Waals surface area contributed by atoms with Crippen molar-refractivity contribution in [1.29, 1.82) is 0 Å². The molecule has 0 bridgehead atoms. The average molecular weight is 278 g/mol. The first-order valence-electron chi connectivity index (χ1n) is 7.58. The quantitative estimate of drug-likeness (QED) is 0.706. The van der Waals surface area contributed by atoms with E-state index in [1.807, 2.05) is 4.90 Å². The Morgan fingerprint density at radius 3 is 2.20 bits per heavy atom. The highest BCUT2D eigenvalue weighted by Crippen LogP contribution is 2.06. The van der Waals surface area contributed by atoms with Crippen LogP contribution in [0.1, 0.15) is 56.8 Å². The van der Waals surface area contributed by atoms with Gasteiger partial charge in [0.2, 0.25) is 5.95 Å². The molecule has 0 saturated carbocycles. The van der Waals surface area contributed by atoms with Crippen LogP contribution in [0.15, 0.2) is 12.4 Å². The van der Waals surface area contributed by atoms with Crippen molar-refractivity contribution < 1.29 is 4.79 Å². The zero-order valence-electron chi connectivity index (χ0n) is 12.9. The number of aromatic nitrogens is 2. The van der Waals surface area contributed by atoms with Crippen LogP contribution >= 0.6 is 0 Å². The summed E-state index contributed by atoms with van der Waals surface area (Å²) < 4.78 is 0. The second kappa shape index (κ2) is 9.28. The maximum Gasteiger partial charge on any atom is 0.256 e. The summed E-state index contributed by atoms with van der Waals surface area (Å²) in [5, 5.41) is 3.14. The molecule has 0 saturated heterocycles. The van der Waals surface area contributed by atoms with Crippen LogP contribution in [0.2, 0.25) is 0 Å². The van der Waals surface area contributed by atoms with Gasteiger partial charge < -0.3 is 10.2 Å². The Balaban J connectivity index is 2.63. The average Bonchev–Trinajstić information content (AvgIpc) is 2.47. The van der Waals surface area contributed by atoms with Crippen molar-refractivity contribution in [2.75, 3.05) is 25.0 Å². The zero-order chi connectivity index (χ0) is 14.8. The summed E-state index contributed by atoms with van der Waals surface area (Å²) in [6.45, 7) is 8.72. The first-order chi connectivity index (χ1) is 9.72. The Hall–Kier alpha value is -1.65. The van der Waals surface area contributed by atoms with Crippen LogP contribution in [0.25, 0.3) is 0 Å². The van der Waals surface area contributed by atoms with E-state index in [9.17, 15) is 4.79 Å². The lowest BCUT2D eigenvalue weighted by Crippen LogP contribution is -2.32. The number of anilines is 1. The summed E-state index contributed by atoms with van der Waals surface area (Å²) >= 11 is 0. The van der Waals surface area contributed by atoms with E-state index in [0.717, 1.165) is 45.3 Å². The summed E-state index contributed by atoms with van der Waals surface area (Å²) in [5.74, 6) is 0.612. The van der Waals surface area contributed by atoms with Gasteiger partial charge in [-0.25, -0.2) is 9.97 Å². The van der Waals surface area contributed by atoms with Gasteiger partial charge in [-0.1, -0.05) is 27.2 Å². The molecular weight excluding hydrogens is 252 g/mol. The van der Waals surface area contributed by atoms with Gasteiger partial charge in [-0.05, 0) is 19.3 Å². The van der Waals surface area contributed by atoms with Crippen LogP contribution in [0, 0.1) is 0 Å². The van der Waals surface area contributed by atoms with E-state index in [1.165, 1.54) is 0 Å². The molecule has 1 rings (SSSR count). The maximum atomic E-state index is 12.3. The van der Waals surface area contributed by atoms with E-state index in [1.54, 1.807) is 12.4 Å². The molecule has 0 atom stereocenters. The lowest BCUT2D eigenvalue weighted by molar-refractivity contribution is 0.0755. The molecule has 20 heavy (non-hydrogen) atoms. The molecule has 0 unspecified atom stereocenters. The van der Waals surface area contributed by atoms with E-state index in [0.29, 0.717) is 11.5 Å². The SMILES string of the molecule is CCCCNc1ncc(C(=O)N(CCC)CCC)cn1. The van der Waals surface area contributed by atoms with E-state index < -0.39 is 0 Å². The van der Waals surface area contributed by atoms with Crippen LogP contribution in [-0.4, -0.2) is 40.4 Å². The van der Waals surface area contributed by atoms with Gasteiger partial charge in [-0.3, -0.25) is 4.79 Å². The summed E-state index contributed by atoms with van der Waals surface area (Å²) in [7, 11) is 0. The predicted octanol–water partition coefficient (Wildman–Crippen LogP) is 2.95. The number of hydrogen-bond donors (Lipinski definition) is 1. The van der Waals surface area contributed by atoms with E-state index in [2.05, 4.69) is 36.1 Å². The fourth-order valence-electron chi connectivity index (χ4n) is 1.94. The van der Waals surface area contributed by atoms with Gasteiger partial charge in [0, 0.05) is 32.0 Å². The molecule has 1 amide bonds. The van der Waals surface area contributed by atoms with Crippen molar-refractivity contribution in [2.45, 2.75) is 46.5 Å². The Bertz CT molecular complexity index is 385. The van der Waals surface area contributed by atoms with Crippen LogP contribution in [0.3, 0.4) is 0 Å². The summed E-state index contributed by atoms with van der Waals surface area (Å²) in [5.41, 5.74) is 0.563. The van der Waals surface area contributed by atoms with Crippen molar-refractivity contribution in [3.05, 3.63) is 18.0 Å².